The first-order valence-electron chi connectivity index (χ1n) is 12.8. The number of halogens is 1. The second kappa shape index (κ2) is 13.6. The van der Waals surface area contributed by atoms with Crippen LogP contribution >= 0.6 is 11.6 Å². The molecule has 39 heavy (non-hydrogen) atoms. The van der Waals surface area contributed by atoms with Gasteiger partial charge in [-0.3, -0.25) is 13.9 Å². The van der Waals surface area contributed by atoms with E-state index in [0.717, 1.165) is 22.9 Å². The molecule has 2 amide bonds. The fourth-order valence-corrected chi connectivity index (χ4v) is 5.76. The fourth-order valence-electron chi connectivity index (χ4n) is 4.58. The summed E-state index contributed by atoms with van der Waals surface area (Å²) in [7, 11) is -2.06. The van der Waals surface area contributed by atoms with E-state index in [1.165, 1.54) is 4.31 Å². The molecule has 0 spiro atoms. The van der Waals surface area contributed by atoms with Gasteiger partial charge in [-0.25, -0.2) is 8.42 Å². The summed E-state index contributed by atoms with van der Waals surface area (Å²) in [5.74, 6) is -0.482. The zero-order valence-corrected chi connectivity index (χ0v) is 24.4. The van der Waals surface area contributed by atoms with Gasteiger partial charge in [0.05, 0.1) is 11.9 Å². The van der Waals surface area contributed by atoms with Gasteiger partial charge >= 0.3 is 0 Å². The predicted octanol–water partition coefficient (Wildman–Crippen LogP) is 4.89. The van der Waals surface area contributed by atoms with E-state index < -0.39 is 16.1 Å². The first-order valence-corrected chi connectivity index (χ1v) is 15.1. The maximum absolute atomic E-state index is 13.7. The highest BCUT2D eigenvalue weighted by atomic mass is 35.5. The van der Waals surface area contributed by atoms with Crippen LogP contribution in [-0.4, -0.2) is 51.0 Å². The molecule has 0 radical (unpaired) electrons. The van der Waals surface area contributed by atoms with Crippen LogP contribution in [0.15, 0.2) is 72.8 Å². The molecule has 208 valence electrons. The number of hydrogen-bond donors (Lipinski definition) is 1. The summed E-state index contributed by atoms with van der Waals surface area (Å²) in [5.41, 5.74) is 4.05. The number of carbonyl (C=O) groups is 2. The highest BCUT2D eigenvalue weighted by Gasteiger charge is 2.30. The van der Waals surface area contributed by atoms with E-state index in [-0.39, 0.29) is 37.7 Å². The van der Waals surface area contributed by atoms with Crippen LogP contribution in [0.2, 0.25) is 5.02 Å². The standard InChI is InChI=1S/C30H36ClN3O4S/c1-22-11-8-14-25(19-22)21-33(28(30(36)32-3)20-24-12-6-5-7-13-24)29(35)17-10-18-34(39(4,37)38)27-16-9-15-26(31)23(27)2/h5-9,11-16,19,28H,10,17-18,20-21H2,1-4H3,(H,32,36)/t28-/m0/s1. The van der Waals surface area contributed by atoms with Crippen LogP contribution in [0.5, 0.6) is 0 Å². The average Bonchev–Trinajstić information content (AvgIpc) is 2.90. The first kappa shape index (κ1) is 30.2. The number of hydrogen-bond acceptors (Lipinski definition) is 4. The van der Waals surface area contributed by atoms with Crippen molar-refractivity contribution in [2.24, 2.45) is 0 Å². The molecule has 1 N–H and O–H groups in total. The summed E-state index contributed by atoms with van der Waals surface area (Å²) < 4.78 is 26.6. The summed E-state index contributed by atoms with van der Waals surface area (Å²) in [5, 5.41) is 3.18. The van der Waals surface area contributed by atoms with E-state index in [2.05, 4.69) is 5.32 Å². The summed E-state index contributed by atoms with van der Waals surface area (Å²) in [4.78, 5) is 28.4. The summed E-state index contributed by atoms with van der Waals surface area (Å²) >= 11 is 6.25. The number of aryl methyl sites for hydroxylation is 1. The Labute approximate surface area is 236 Å². The molecule has 0 fully saturated rings. The number of rotatable bonds is 12. The zero-order chi connectivity index (χ0) is 28.6. The third kappa shape index (κ3) is 8.31. The number of anilines is 1. The van der Waals surface area contributed by atoms with Crippen LogP contribution in [-0.2, 0) is 32.6 Å². The van der Waals surface area contributed by atoms with Crippen molar-refractivity contribution in [3.05, 3.63) is 100 Å². The van der Waals surface area contributed by atoms with Crippen molar-refractivity contribution in [1.29, 1.82) is 0 Å². The van der Waals surface area contributed by atoms with Gasteiger partial charge in [0.1, 0.15) is 6.04 Å². The highest BCUT2D eigenvalue weighted by molar-refractivity contribution is 7.92. The molecule has 0 saturated heterocycles. The number of sulfonamides is 1. The third-order valence-electron chi connectivity index (χ3n) is 6.61. The topological polar surface area (TPSA) is 86.8 Å². The van der Waals surface area contributed by atoms with Crippen molar-refractivity contribution in [2.45, 2.75) is 45.7 Å². The van der Waals surface area contributed by atoms with Crippen LogP contribution in [0, 0.1) is 13.8 Å². The summed E-state index contributed by atoms with van der Waals surface area (Å²) in [6, 6.07) is 21.8. The maximum atomic E-state index is 13.7. The molecule has 0 aliphatic carbocycles. The van der Waals surface area contributed by atoms with Gasteiger partial charge in [0.25, 0.3) is 0 Å². The smallest absolute Gasteiger partial charge is 0.242 e. The molecule has 3 aromatic carbocycles. The van der Waals surface area contributed by atoms with Crippen molar-refractivity contribution in [3.63, 3.8) is 0 Å². The molecular weight excluding hydrogens is 534 g/mol. The van der Waals surface area contributed by atoms with Gasteiger partial charge in [0, 0.05) is 38.0 Å². The van der Waals surface area contributed by atoms with Crippen LogP contribution in [0.4, 0.5) is 5.69 Å². The lowest BCUT2D eigenvalue weighted by Crippen LogP contribution is -2.49. The highest BCUT2D eigenvalue weighted by Crippen LogP contribution is 2.28. The van der Waals surface area contributed by atoms with Crippen LogP contribution in [0.1, 0.15) is 35.1 Å². The van der Waals surface area contributed by atoms with Gasteiger partial charge in [0.2, 0.25) is 21.8 Å². The molecular formula is C30H36ClN3O4S. The minimum absolute atomic E-state index is 0.0692. The number of carbonyl (C=O) groups excluding carboxylic acids is 2. The van der Waals surface area contributed by atoms with Gasteiger partial charge in [-0.1, -0.05) is 77.8 Å². The Balaban J connectivity index is 1.86. The van der Waals surface area contributed by atoms with E-state index in [4.69, 9.17) is 11.6 Å². The van der Waals surface area contributed by atoms with Crippen LogP contribution in [0.3, 0.4) is 0 Å². The summed E-state index contributed by atoms with van der Waals surface area (Å²) in [6.45, 7) is 4.11. The molecule has 0 bridgehead atoms. The number of nitrogens with zero attached hydrogens (tertiary/aromatic N) is 2. The lowest BCUT2D eigenvalue weighted by molar-refractivity contribution is -0.141. The van der Waals surface area contributed by atoms with Crippen molar-refractivity contribution >= 4 is 39.1 Å². The Morgan fingerprint density at radius 1 is 0.949 bits per heavy atom. The molecule has 0 saturated carbocycles. The van der Waals surface area contributed by atoms with E-state index in [1.807, 2.05) is 61.5 Å². The molecule has 9 heteroatoms. The Kier molecular flexibility index (Phi) is 10.5. The molecule has 0 aliphatic heterocycles. The molecule has 7 nitrogen and oxygen atoms in total. The molecule has 3 rings (SSSR count). The van der Waals surface area contributed by atoms with Gasteiger partial charge < -0.3 is 10.2 Å². The largest absolute Gasteiger partial charge is 0.357 e. The molecule has 0 aliphatic rings. The zero-order valence-electron chi connectivity index (χ0n) is 22.9. The average molecular weight is 570 g/mol. The Morgan fingerprint density at radius 2 is 1.62 bits per heavy atom. The molecule has 0 unspecified atom stereocenters. The fraction of sp³-hybridized carbons (Fsp3) is 0.333. The predicted molar refractivity (Wildman–Crippen MR) is 157 cm³/mol. The number of likely N-dealkylation sites (N-methyl/N-ethyl adjacent to an activating group) is 1. The Bertz CT molecular complexity index is 1400. The molecule has 1 atom stereocenters. The van der Waals surface area contributed by atoms with Crippen molar-refractivity contribution < 1.29 is 18.0 Å². The van der Waals surface area contributed by atoms with Gasteiger partial charge in [-0.05, 0) is 49.1 Å². The van der Waals surface area contributed by atoms with Gasteiger partial charge in [-0.2, -0.15) is 0 Å². The number of benzene rings is 3. The Morgan fingerprint density at radius 3 is 2.26 bits per heavy atom. The lowest BCUT2D eigenvalue weighted by atomic mass is 10.0. The SMILES string of the molecule is CNC(=O)[C@H](Cc1ccccc1)N(Cc1cccc(C)c1)C(=O)CCCN(c1cccc(Cl)c1C)S(C)(=O)=O. The quantitative estimate of drug-likeness (QED) is 0.336. The van der Waals surface area contributed by atoms with E-state index in [1.54, 1.807) is 37.1 Å². The first-order chi connectivity index (χ1) is 18.5. The molecule has 0 heterocycles. The van der Waals surface area contributed by atoms with Crippen molar-refractivity contribution in [3.8, 4) is 0 Å². The second-order valence-electron chi connectivity index (χ2n) is 9.65. The molecule has 3 aromatic rings. The van der Waals surface area contributed by atoms with Gasteiger partial charge in [-0.15, -0.1) is 0 Å². The van der Waals surface area contributed by atoms with Crippen LogP contribution < -0.4 is 9.62 Å². The monoisotopic (exact) mass is 569 g/mol. The normalized spacial score (nSPS) is 12.0. The Hall–Kier alpha value is -3.36. The summed E-state index contributed by atoms with van der Waals surface area (Å²) in [6.07, 6.45) is 1.84. The van der Waals surface area contributed by atoms with Gasteiger partial charge in [0.15, 0.2) is 0 Å². The minimum atomic E-state index is -3.62. The lowest BCUT2D eigenvalue weighted by Gasteiger charge is -2.32. The number of nitrogens with one attached hydrogen (secondary N) is 1. The third-order valence-corrected chi connectivity index (χ3v) is 8.20. The second-order valence-corrected chi connectivity index (χ2v) is 12.0. The maximum Gasteiger partial charge on any atom is 0.242 e. The van der Waals surface area contributed by atoms with Crippen LogP contribution in [0.25, 0.3) is 0 Å². The minimum Gasteiger partial charge on any atom is -0.357 e. The molecule has 0 aromatic heterocycles. The van der Waals surface area contributed by atoms with E-state index in [9.17, 15) is 18.0 Å². The van der Waals surface area contributed by atoms with E-state index in [0.29, 0.717) is 22.7 Å². The van der Waals surface area contributed by atoms with Crippen molar-refractivity contribution in [1.82, 2.24) is 10.2 Å². The van der Waals surface area contributed by atoms with Crippen molar-refractivity contribution in [2.75, 3.05) is 24.2 Å². The number of amides is 2. The van der Waals surface area contributed by atoms with E-state index >= 15 is 0 Å².